The largest absolute Gasteiger partial charge is 0.314 e. The first kappa shape index (κ1) is 16.0. The minimum Gasteiger partial charge on any atom is -0.314 e. The third-order valence-corrected chi connectivity index (χ3v) is 4.94. The van der Waals surface area contributed by atoms with E-state index in [1.165, 1.54) is 0 Å². The summed E-state index contributed by atoms with van der Waals surface area (Å²) in [6.45, 7) is 7.16. The molecule has 0 saturated heterocycles. The average molecular weight is 372 g/mol. The summed E-state index contributed by atoms with van der Waals surface area (Å²) < 4.78 is 28.1. The van der Waals surface area contributed by atoms with Crippen LogP contribution < -0.4 is 4.72 Å². The molecule has 0 fully saturated rings. The molecule has 1 aliphatic heterocycles. The standard InChI is InChI=1S/C14H18BrN3O2S/c1-3-4-8-18-11(2)10-16-14(18)17-21(19,20)13-7-5-6-12(15)9-13/h5-7,9H,2-4,8,10H2,1H3,(H,16,17). The number of hydrogen-bond donors (Lipinski definition) is 1. The molecule has 0 atom stereocenters. The van der Waals surface area contributed by atoms with E-state index in [9.17, 15) is 8.42 Å². The van der Waals surface area contributed by atoms with E-state index in [-0.39, 0.29) is 4.90 Å². The van der Waals surface area contributed by atoms with Crippen LogP contribution in [0.15, 0.2) is 50.9 Å². The Hall–Kier alpha value is -1.34. The number of nitrogens with one attached hydrogen (secondary N) is 1. The minimum absolute atomic E-state index is 0.201. The maximum Gasteiger partial charge on any atom is 0.264 e. The SMILES string of the molecule is C=C1CN=C(NS(=O)(=O)c2cccc(Br)c2)N1CCCC. The van der Waals surface area contributed by atoms with Gasteiger partial charge in [-0.25, -0.2) is 18.1 Å². The zero-order chi connectivity index (χ0) is 15.5. The average Bonchev–Trinajstić information content (AvgIpc) is 2.76. The fraction of sp³-hybridized carbons (Fsp3) is 0.357. The zero-order valence-electron chi connectivity index (χ0n) is 11.8. The highest BCUT2D eigenvalue weighted by atomic mass is 79.9. The van der Waals surface area contributed by atoms with Crippen molar-refractivity contribution in [2.24, 2.45) is 4.99 Å². The highest BCUT2D eigenvalue weighted by Crippen LogP contribution is 2.18. The number of sulfonamides is 1. The lowest BCUT2D eigenvalue weighted by Gasteiger charge is -2.21. The van der Waals surface area contributed by atoms with Gasteiger partial charge in [-0.05, 0) is 24.6 Å². The zero-order valence-corrected chi connectivity index (χ0v) is 14.2. The Labute approximate surface area is 133 Å². The van der Waals surface area contributed by atoms with Crippen molar-refractivity contribution < 1.29 is 8.42 Å². The molecular weight excluding hydrogens is 354 g/mol. The van der Waals surface area contributed by atoms with Crippen molar-refractivity contribution in [1.29, 1.82) is 0 Å². The third-order valence-electron chi connectivity index (χ3n) is 3.12. The molecule has 1 aromatic rings. The molecular formula is C14H18BrN3O2S. The van der Waals surface area contributed by atoms with Crippen LogP contribution in [0.4, 0.5) is 0 Å². The van der Waals surface area contributed by atoms with Gasteiger partial charge in [0.15, 0.2) is 0 Å². The van der Waals surface area contributed by atoms with Crippen LogP contribution in [0.3, 0.4) is 0 Å². The molecule has 1 heterocycles. The smallest absolute Gasteiger partial charge is 0.264 e. The van der Waals surface area contributed by atoms with Gasteiger partial charge in [0, 0.05) is 16.7 Å². The Bertz CT molecular complexity index is 671. The maximum atomic E-state index is 12.4. The van der Waals surface area contributed by atoms with Gasteiger partial charge in [0.2, 0.25) is 5.96 Å². The van der Waals surface area contributed by atoms with Crippen molar-refractivity contribution in [1.82, 2.24) is 9.62 Å². The van der Waals surface area contributed by atoms with Crippen LogP contribution in [-0.4, -0.2) is 32.4 Å². The first-order chi connectivity index (χ1) is 9.94. The van der Waals surface area contributed by atoms with E-state index in [0.717, 1.165) is 25.1 Å². The predicted molar refractivity (Wildman–Crippen MR) is 87.5 cm³/mol. The number of aliphatic imine (C=N–C) groups is 1. The Balaban J connectivity index is 2.18. The van der Waals surface area contributed by atoms with E-state index < -0.39 is 10.0 Å². The van der Waals surface area contributed by atoms with E-state index in [1.54, 1.807) is 24.3 Å². The maximum absolute atomic E-state index is 12.4. The molecule has 0 aliphatic carbocycles. The lowest BCUT2D eigenvalue weighted by atomic mass is 10.3. The number of halogens is 1. The fourth-order valence-electron chi connectivity index (χ4n) is 1.97. The van der Waals surface area contributed by atoms with Gasteiger partial charge in [0.1, 0.15) is 0 Å². The van der Waals surface area contributed by atoms with Crippen LogP contribution in [0.5, 0.6) is 0 Å². The number of nitrogens with zero attached hydrogens (tertiary/aromatic N) is 2. The number of rotatable bonds is 5. The Morgan fingerprint density at radius 3 is 2.90 bits per heavy atom. The minimum atomic E-state index is -3.64. The molecule has 0 aromatic heterocycles. The second kappa shape index (κ2) is 6.62. The van der Waals surface area contributed by atoms with E-state index >= 15 is 0 Å². The van der Waals surface area contributed by atoms with Gasteiger partial charge in [-0.1, -0.05) is 41.9 Å². The lowest BCUT2D eigenvalue weighted by Crippen LogP contribution is -2.41. The third kappa shape index (κ3) is 3.85. The summed E-state index contributed by atoms with van der Waals surface area (Å²) in [5.74, 6) is 0.355. The highest BCUT2D eigenvalue weighted by molar-refractivity contribution is 9.10. The quantitative estimate of drug-likeness (QED) is 0.865. The molecule has 1 aromatic carbocycles. The van der Waals surface area contributed by atoms with Crippen LogP contribution in [0.25, 0.3) is 0 Å². The summed E-state index contributed by atoms with van der Waals surface area (Å²) in [7, 11) is -3.64. The van der Waals surface area contributed by atoms with Crippen molar-refractivity contribution in [3.8, 4) is 0 Å². The Kier molecular flexibility index (Phi) is 5.05. The Morgan fingerprint density at radius 2 is 2.24 bits per heavy atom. The molecule has 1 aliphatic rings. The summed E-state index contributed by atoms with van der Waals surface area (Å²) in [5.41, 5.74) is 0.815. The van der Waals surface area contributed by atoms with Crippen LogP contribution in [0.2, 0.25) is 0 Å². The van der Waals surface area contributed by atoms with Crippen LogP contribution in [0, 0.1) is 0 Å². The van der Waals surface area contributed by atoms with Gasteiger partial charge in [0.25, 0.3) is 10.0 Å². The molecule has 0 unspecified atom stereocenters. The molecule has 0 spiro atoms. The van der Waals surface area contributed by atoms with Gasteiger partial charge in [-0.2, -0.15) is 0 Å². The lowest BCUT2D eigenvalue weighted by molar-refractivity contribution is 0.497. The molecule has 0 bridgehead atoms. The van der Waals surface area contributed by atoms with Crippen molar-refractivity contribution in [3.05, 3.63) is 41.0 Å². The summed E-state index contributed by atoms with van der Waals surface area (Å²) in [6, 6.07) is 6.57. The summed E-state index contributed by atoms with van der Waals surface area (Å²) in [5, 5.41) is 0. The van der Waals surface area contributed by atoms with E-state index in [0.29, 0.717) is 17.0 Å². The van der Waals surface area contributed by atoms with Crippen LogP contribution in [-0.2, 0) is 10.0 Å². The predicted octanol–water partition coefficient (Wildman–Crippen LogP) is 2.71. The van der Waals surface area contributed by atoms with Gasteiger partial charge in [-0.3, -0.25) is 0 Å². The number of unbranched alkanes of at least 4 members (excludes halogenated alkanes) is 1. The summed E-state index contributed by atoms with van der Waals surface area (Å²) >= 11 is 3.28. The van der Waals surface area contributed by atoms with Gasteiger partial charge in [0.05, 0.1) is 11.4 Å². The highest BCUT2D eigenvalue weighted by Gasteiger charge is 2.25. The van der Waals surface area contributed by atoms with Crippen molar-refractivity contribution in [2.45, 2.75) is 24.7 Å². The fourth-order valence-corrected chi connectivity index (χ4v) is 3.59. The summed E-state index contributed by atoms with van der Waals surface area (Å²) in [6.07, 6.45) is 1.98. The second-order valence-electron chi connectivity index (χ2n) is 4.77. The number of guanidine groups is 1. The molecule has 0 radical (unpaired) electrons. The van der Waals surface area contributed by atoms with Gasteiger partial charge >= 0.3 is 0 Å². The van der Waals surface area contributed by atoms with Crippen LogP contribution in [0.1, 0.15) is 19.8 Å². The molecule has 114 valence electrons. The molecule has 2 rings (SSSR count). The van der Waals surface area contributed by atoms with Crippen molar-refractivity contribution in [2.75, 3.05) is 13.1 Å². The molecule has 21 heavy (non-hydrogen) atoms. The topological polar surface area (TPSA) is 61.8 Å². The van der Waals surface area contributed by atoms with E-state index in [2.05, 4.69) is 39.1 Å². The van der Waals surface area contributed by atoms with Crippen molar-refractivity contribution in [3.63, 3.8) is 0 Å². The summed E-state index contributed by atoms with van der Waals surface area (Å²) in [4.78, 5) is 6.26. The first-order valence-corrected chi connectivity index (χ1v) is 9.00. The molecule has 0 amide bonds. The molecule has 5 nitrogen and oxygen atoms in total. The first-order valence-electron chi connectivity index (χ1n) is 6.72. The van der Waals surface area contributed by atoms with E-state index in [4.69, 9.17) is 0 Å². The molecule has 0 saturated carbocycles. The molecule has 1 N–H and O–H groups in total. The van der Waals surface area contributed by atoms with Crippen molar-refractivity contribution >= 4 is 31.9 Å². The van der Waals surface area contributed by atoms with Gasteiger partial charge < -0.3 is 4.90 Å². The number of benzene rings is 1. The second-order valence-corrected chi connectivity index (χ2v) is 7.37. The van der Waals surface area contributed by atoms with Gasteiger partial charge in [-0.15, -0.1) is 0 Å². The number of hydrogen-bond acceptors (Lipinski definition) is 4. The van der Waals surface area contributed by atoms with E-state index in [1.807, 2.05) is 4.90 Å². The van der Waals surface area contributed by atoms with Crippen LogP contribution >= 0.6 is 15.9 Å². The Morgan fingerprint density at radius 1 is 1.48 bits per heavy atom. The monoisotopic (exact) mass is 371 g/mol. The molecule has 7 heteroatoms. The normalized spacial score (nSPS) is 15.2.